The molecule has 0 amide bonds. The standard InChI is InChI=1S/C46H87N3O13P2S.2Na/c1-3-5-7-9-11-13-15-17-18-19-21-23-25-27-29-31-35-65-38-39(60-42(50)32-30-28-26-24-22-20-16-14-12-10-8-6-4-2)36-58-63(54,55)62-64(56,57)59-37-40-43(51)44(52)45(61-40)49-34-33-41(47)48-46(49)53;;/h33-34,39-40,43-45,51-52H,3-32,35-38H2,1-2H3,(H,54,55)(H,56,57)(H2,47,48,53);;/q;2*+1/p-2. The molecule has 4 N–H and O–H groups in total. The molecule has 7 unspecified atom stereocenters. The van der Waals surface area contributed by atoms with Crippen LogP contribution in [0.25, 0.3) is 0 Å². The first kappa shape index (κ1) is 67.6. The van der Waals surface area contributed by atoms with Gasteiger partial charge < -0.3 is 44.3 Å². The summed E-state index contributed by atoms with van der Waals surface area (Å²) in [7, 11) is -11.2. The number of hydrogen-bond donors (Lipinski definition) is 3. The number of ether oxygens (including phenoxy) is 2. The minimum atomic E-state index is -5.64. The number of nitrogens with zero attached hydrogens (tertiary/aromatic N) is 2. The average molecular weight is 1030 g/mol. The molecule has 1 aromatic rings. The van der Waals surface area contributed by atoms with Crippen LogP contribution in [0, 0.1) is 0 Å². The van der Waals surface area contributed by atoms with E-state index in [4.69, 9.17) is 19.7 Å². The number of nitrogens with two attached hydrogens (primary N) is 1. The van der Waals surface area contributed by atoms with Crippen LogP contribution in [0.15, 0.2) is 17.1 Å². The van der Waals surface area contributed by atoms with E-state index in [1.807, 2.05) is 0 Å². The van der Waals surface area contributed by atoms with Crippen molar-refractivity contribution in [3.05, 3.63) is 22.7 Å². The first-order chi connectivity index (χ1) is 31.3. The Kier molecular flexibility index (Phi) is 42.4. The van der Waals surface area contributed by atoms with E-state index in [1.165, 1.54) is 165 Å². The number of nitrogen functional groups attached to an aromatic ring is 1. The van der Waals surface area contributed by atoms with E-state index in [9.17, 15) is 38.7 Å². The number of carbonyl (C=O) groups is 1. The maximum absolute atomic E-state index is 12.9. The average Bonchev–Trinajstić information content (AvgIpc) is 3.54. The molecular formula is C46H85N3Na2O13P2S. The molecule has 16 nitrogen and oxygen atoms in total. The number of rotatable bonds is 43. The summed E-state index contributed by atoms with van der Waals surface area (Å²) in [4.78, 5) is 53.9. The minimum Gasteiger partial charge on any atom is -0.756 e. The molecule has 67 heavy (non-hydrogen) atoms. The summed E-state index contributed by atoms with van der Waals surface area (Å²) in [6.07, 6.45) is 29.4. The second-order valence-corrected chi connectivity index (χ2v) is 21.7. The molecule has 0 radical (unpaired) electrons. The third-order valence-corrected chi connectivity index (χ3v) is 15.4. The van der Waals surface area contributed by atoms with E-state index in [0.717, 1.165) is 48.8 Å². The van der Waals surface area contributed by atoms with Gasteiger partial charge in [-0.15, -0.1) is 0 Å². The van der Waals surface area contributed by atoms with Gasteiger partial charge in [-0.05, 0) is 24.7 Å². The number of unbranched alkanes of at least 4 members (excludes halogenated alkanes) is 27. The van der Waals surface area contributed by atoms with Gasteiger partial charge in [-0.1, -0.05) is 187 Å². The van der Waals surface area contributed by atoms with Gasteiger partial charge in [-0.3, -0.25) is 18.5 Å². The second kappa shape index (κ2) is 42.0. The van der Waals surface area contributed by atoms with Crippen molar-refractivity contribution in [3.8, 4) is 0 Å². The maximum Gasteiger partial charge on any atom is 1.00 e. The first-order valence-corrected chi connectivity index (χ1v) is 29.1. The molecule has 7 atom stereocenters. The number of carbonyl (C=O) groups excluding carboxylic acids is 1. The normalized spacial score (nSPS) is 19.3. The third-order valence-electron chi connectivity index (χ3n) is 11.7. The minimum absolute atomic E-state index is 0. The molecule has 21 heteroatoms. The van der Waals surface area contributed by atoms with E-state index in [1.54, 1.807) is 0 Å². The predicted molar refractivity (Wildman–Crippen MR) is 254 cm³/mol. The molecule has 1 aliphatic heterocycles. The quantitative estimate of drug-likeness (QED) is 0.0364. The third kappa shape index (κ3) is 33.9. The van der Waals surface area contributed by atoms with Crippen molar-refractivity contribution in [1.29, 1.82) is 0 Å². The van der Waals surface area contributed by atoms with Crippen molar-refractivity contribution in [2.45, 2.75) is 237 Å². The zero-order valence-corrected chi connectivity index (χ0v) is 48.3. The van der Waals surface area contributed by atoms with Gasteiger partial charge in [0.15, 0.2) is 6.23 Å². The number of phosphoric ester groups is 2. The number of hydrogen-bond acceptors (Lipinski definition) is 16. The molecule has 1 aromatic heterocycles. The Morgan fingerprint density at radius 2 is 1.16 bits per heavy atom. The second-order valence-electron chi connectivity index (χ2n) is 17.6. The van der Waals surface area contributed by atoms with Crippen LogP contribution in [0.3, 0.4) is 0 Å². The molecule has 1 saturated heterocycles. The van der Waals surface area contributed by atoms with Crippen LogP contribution in [0.1, 0.15) is 213 Å². The number of anilines is 1. The van der Waals surface area contributed by atoms with Crippen molar-refractivity contribution in [1.82, 2.24) is 9.55 Å². The maximum atomic E-state index is 12.9. The van der Waals surface area contributed by atoms with E-state index in [2.05, 4.69) is 27.7 Å². The zero-order valence-electron chi connectivity index (χ0n) is 41.7. The molecule has 380 valence electrons. The number of phosphoric acid groups is 2. The van der Waals surface area contributed by atoms with Gasteiger partial charge in [0.05, 0.1) is 13.2 Å². The zero-order chi connectivity index (χ0) is 47.6. The van der Waals surface area contributed by atoms with Crippen LogP contribution in [-0.4, -0.2) is 74.9 Å². The topological polar surface area (TPSA) is 245 Å². The van der Waals surface area contributed by atoms with E-state index < -0.39 is 71.2 Å². The molecule has 0 bridgehead atoms. The van der Waals surface area contributed by atoms with Crippen molar-refractivity contribution >= 4 is 39.2 Å². The summed E-state index contributed by atoms with van der Waals surface area (Å²) in [6.45, 7) is 2.84. The van der Waals surface area contributed by atoms with Gasteiger partial charge in [0, 0.05) is 18.4 Å². The van der Waals surface area contributed by atoms with E-state index in [0.29, 0.717) is 6.42 Å². The first-order valence-electron chi connectivity index (χ1n) is 25.0. The summed E-state index contributed by atoms with van der Waals surface area (Å²) in [5.41, 5.74) is 4.60. The van der Waals surface area contributed by atoms with Crippen LogP contribution in [0.2, 0.25) is 0 Å². The molecule has 1 aliphatic rings. The Morgan fingerprint density at radius 1 is 0.731 bits per heavy atom. The summed E-state index contributed by atoms with van der Waals surface area (Å²) in [5.74, 6) is 0.430. The SMILES string of the molecule is CCCCCCCCCCCCCCCCCCSCC(COP(=O)([O-])OP(=O)([O-])OCC1OC(n2ccc(N)nc2=O)C(O)C1O)OC(=O)CCCCCCCCCCCCCCC.[Na+].[Na+]. The Bertz CT molecular complexity index is 1540. The van der Waals surface area contributed by atoms with Gasteiger partial charge in [0.1, 0.15) is 30.2 Å². The molecule has 0 aromatic carbocycles. The largest absolute Gasteiger partial charge is 1.00 e. The monoisotopic (exact) mass is 1030 g/mol. The van der Waals surface area contributed by atoms with Crippen LogP contribution in [0.5, 0.6) is 0 Å². The van der Waals surface area contributed by atoms with Gasteiger partial charge in [-0.2, -0.15) is 16.7 Å². The Hall–Kier alpha value is 0.640. The fourth-order valence-corrected chi connectivity index (χ4v) is 10.9. The molecule has 0 spiro atoms. The number of aliphatic hydroxyl groups is 2. The number of thioether (sulfide) groups is 1. The molecule has 2 rings (SSSR count). The summed E-state index contributed by atoms with van der Waals surface area (Å²) in [5, 5.41) is 20.9. The predicted octanol–water partition coefficient (Wildman–Crippen LogP) is 3.83. The Balaban J connectivity index is 0.0000218. The summed E-state index contributed by atoms with van der Waals surface area (Å²) in [6, 6.07) is 1.26. The van der Waals surface area contributed by atoms with Gasteiger partial charge >= 0.3 is 70.8 Å². The van der Waals surface area contributed by atoms with Crippen molar-refractivity contribution < 1.29 is 116 Å². The fourth-order valence-electron chi connectivity index (χ4n) is 7.84. The van der Waals surface area contributed by atoms with Crippen LogP contribution < -0.4 is 80.3 Å². The van der Waals surface area contributed by atoms with Crippen LogP contribution >= 0.6 is 27.4 Å². The fraction of sp³-hybridized carbons (Fsp3) is 0.891. The summed E-state index contributed by atoms with van der Waals surface area (Å²) >= 11 is 1.50. The molecular weight excluding hydrogens is 943 g/mol. The number of aliphatic hydroxyl groups excluding tert-OH is 2. The molecule has 2 heterocycles. The number of esters is 1. The van der Waals surface area contributed by atoms with Gasteiger partial charge in [-0.25, -0.2) is 9.11 Å². The van der Waals surface area contributed by atoms with Crippen molar-refractivity contribution in [2.24, 2.45) is 0 Å². The van der Waals surface area contributed by atoms with Crippen LogP contribution in [0.4, 0.5) is 5.82 Å². The molecule has 0 aliphatic carbocycles. The van der Waals surface area contributed by atoms with E-state index >= 15 is 0 Å². The van der Waals surface area contributed by atoms with Crippen molar-refractivity contribution in [3.63, 3.8) is 0 Å². The Labute approximate surface area is 451 Å². The Morgan fingerprint density at radius 3 is 1.63 bits per heavy atom. The van der Waals surface area contributed by atoms with Crippen molar-refractivity contribution in [2.75, 3.05) is 30.5 Å². The molecule has 1 fully saturated rings. The summed E-state index contributed by atoms with van der Waals surface area (Å²) < 4.78 is 51.0. The van der Waals surface area contributed by atoms with Gasteiger partial charge in [0.2, 0.25) is 0 Å². The van der Waals surface area contributed by atoms with Crippen LogP contribution in [-0.2, 0) is 36.8 Å². The van der Waals surface area contributed by atoms with E-state index in [-0.39, 0.29) is 77.1 Å². The van der Waals surface area contributed by atoms with Gasteiger partial charge in [0.25, 0.3) is 15.6 Å². The molecule has 0 saturated carbocycles. The number of aromatic nitrogens is 2. The smallest absolute Gasteiger partial charge is 0.756 e.